The van der Waals surface area contributed by atoms with Crippen LogP contribution in [0.1, 0.15) is 73.4 Å². The molecule has 1 heterocycles. The van der Waals surface area contributed by atoms with E-state index in [-0.39, 0.29) is 33.7 Å². The molecule has 0 bridgehead atoms. The number of aryl methyl sites for hydroxylation is 1. The predicted molar refractivity (Wildman–Crippen MR) is 194 cm³/mol. The molecule has 0 radical (unpaired) electrons. The second-order valence-corrected chi connectivity index (χ2v) is 13.6. The van der Waals surface area contributed by atoms with Gasteiger partial charge in [-0.3, -0.25) is 24.0 Å². The van der Waals surface area contributed by atoms with Crippen molar-refractivity contribution in [3.8, 4) is 11.5 Å². The molecule has 18 heteroatoms. The Kier molecular flexibility index (Phi) is 13.8. The molecule has 3 unspecified atom stereocenters. The van der Waals surface area contributed by atoms with E-state index in [1.165, 1.54) is 32.9 Å². The van der Waals surface area contributed by atoms with E-state index >= 15 is 0 Å². The maximum atomic E-state index is 13.9. The van der Waals surface area contributed by atoms with Crippen LogP contribution in [0, 0.1) is 25.7 Å². The first kappa shape index (κ1) is 42.8. The van der Waals surface area contributed by atoms with Gasteiger partial charge in [-0.05, 0) is 51.2 Å². The van der Waals surface area contributed by atoms with Crippen LogP contribution in [-0.4, -0.2) is 101 Å². The first-order valence-corrected chi connectivity index (χ1v) is 17.1. The van der Waals surface area contributed by atoms with Crippen LogP contribution in [0.3, 0.4) is 0 Å². The number of nitrogen functional groups attached to an aromatic ring is 1. The number of methoxy groups -OCH3 is 2. The topological polar surface area (TPSA) is 279 Å². The molecule has 0 saturated heterocycles. The quantitative estimate of drug-likeness (QED) is 0.0652. The number of fused-ring (bicyclic) bond motifs is 2. The molecule has 1 aliphatic heterocycles. The van der Waals surface area contributed by atoms with Crippen LogP contribution >= 0.6 is 0 Å². The van der Waals surface area contributed by atoms with Gasteiger partial charge in [-0.2, -0.15) is 0 Å². The molecule has 54 heavy (non-hydrogen) atoms. The van der Waals surface area contributed by atoms with Gasteiger partial charge in [0, 0.05) is 5.56 Å². The second kappa shape index (κ2) is 17.5. The summed E-state index contributed by atoms with van der Waals surface area (Å²) in [6, 6.07) is -2.54. The first-order chi connectivity index (χ1) is 25.2. The summed E-state index contributed by atoms with van der Waals surface area (Å²) in [5.41, 5.74) is 4.17. The van der Waals surface area contributed by atoms with Gasteiger partial charge in [0.15, 0.2) is 11.3 Å². The van der Waals surface area contributed by atoms with Gasteiger partial charge in [0.05, 0.1) is 43.2 Å². The molecule has 0 aromatic heterocycles. The van der Waals surface area contributed by atoms with E-state index in [9.17, 15) is 43.8 Å². The number of carbonyl (C=O) groups excluding carboxylic acids is 6. The third-order valence-electron chi connectivity index (χ3n) is 8.82. The molecule has 3 rings (SSSR count). The minimum Gasteiger partial charge on any atom is -0.467 e. The molecule has 1 aromatic rings. The Balaban J connectivity index is 2.16. The van der Waals surface area contributed by atoms with Gasteiger partial charge in [0.25, 0.3) is 11.8 Å². The van der Waals surface area contributed by atoms with E-state index in [2.05, 4.69) is 26.3 Å². The Morgan fingerprint density at radius 2 is 1.20 bits per heavy atom. The van der Waals surface area contributed by atoms with Crippen molar-refractivity contribution in [2.24, 2.45) is 11.8 Å². The molecule has 2 aliphatic rings. The highest BCUT2D eigenvalue weighted by atomic mass is 16.5. The van der Waals surface area contributed by atoms with Gasteiger partial charge in [0.1, 0.15) is 35.4 Å². The molecule has 4 amide bonds. The maximum absolute atomic E-state index is 13.9. The zero-order valence-electron chi connectivity index (χ0n) is 31.8. The molecular weight excluding hydrogens is 708 g/mol. The maximum Gasteiger partial charge on any atom is 0.328 e. The van der Waals surface area contributed by atoms with Crippen LogP contribution in [0.4, 0.5) is 5.69 Å². The molecule has 0 saturated carbocycles. The van der Waals surface area contributed by atoms with Gasteiger partial charge < -0.3 is 51.1 Å². The molecule has 6 atom stereocenters. The lowest BCUT2D eigenvalue weighted by Crippen LogP contribution is -2.57. The number of rotatable bonds is 14. The van der Waals surface area contributed by atoms with Crippen LogP contribution in [0.25, 0.3) is 22.6 Å². The normalized spacial score (nSPS) is 14.8. The first-order valence-electron chi connectivity index (χ1n) is 17.1. The highest BCUT2D eigenvalue weighted by Crippen LogP contribution is 2.34. The number of nitrogens with zero attached hydrogens (tertiary/aromatic N) is 1. The number of nitrogens with one attached hydrogen (secondary N) is 4. The van der Waals surface area contributed by atoms with Crippen LogP contribution < -0.4 is 32.4 Å². The third-order valence-corrected chi connectivity index (χ3v) is 8.82. The van der Waals surface area contributed by atoms with E-state index in [0.29, 0.717) is 5.56 Å². The second-order valence-electron chi connectivity index (χ2n) is 13.6. The smallest absolute Gasteiger partial charge is 0.328 e. The summed E-state index contributed by atoms with van der Waals surface area (Å²) >= 11 is 0. The fourth-order valence-corrected chi connectivity index (χ4v) is 5.59. The Morgan fingerprint density at radius 3 is 1.63 bits per heavy atom. The number of ether oxygens (including phenoxy) is 2. The predicted octanol–water partition coefficient (Wildman–Crippen LogP) is 0.0778. The standard InChI is InChI=1S/C36H48N6O12/c1-13(2)22(35(50)52-9)39-33(48)24(17(7)43)41-31(46)19-12-11-15(5)29-26(19)38-27-20(21(37)28(45)16(6)30(27)54-29)32(47)42-25(18(8)44)34(49)40-23(14(3)4)36(51)53-10/h11-14,17-18,22-25,43-44H,37H2,1-10H3,(H,39,48)(H,40,49)(H,41,46)(H,42,47)/t17?,18-,22?,23-,24?,25+/m1/s1. The molecule has 294 valence electrons. The summed E-state index contributed by atoms with van der Waals surface area (Å²) < 4.78 is 15.6. The minimum absolute atomic E-state index is 0.0264. The van der Waals surface area contributed by atoms with Gasteiger partial charge in [-0.1, -0.05) is 33.8 Å². The zero-order valence-corrected chi connectivity index (χ0v) is 31.8. The lowest BCUT2D eigenvalue weighted by atomic mass is 9.98. The minimum atomic E-state index is -1.66. The summed E-state index contributed by atoms with van der Waals surface area (Å²) in [6.07, 6.45) is -2.95. The molecule has 8 N–H and O–H groups in total. The zero-order chi connectivity index (χ0) is 40.9. The van der Waals surface area contributed by atoms with Gasteiger partial charge in [-0.15, -0.1) is 0 Å². The van der Waals surface area contributed by atoms with Crippen LogP contribution in [0.15, 0.2) is 21.3 Å². The number of carbonyl (C=O) groups is 6. The monoisotopic (exact) mass is 756 g/mol. The SMILES string of the molecule is COC(=O)C(NC(=O)C(NC(=O)c1ccc(C)c2oc3c(C)c(=O)c(N)c(C(=O)N[C@H](C(=O)N[C@@H](C(=O)OC)C(C)C)[C@@H](C)O)c-3nc12)C(C)O)C(C)C. The Bertz CT molecular complexity index is 1970. The summed E-state index contributed by atoms with van der Waals surface area (Å²) in [6.45, 7) is 12.1. The van der Waals surface area contributed by atoms with Crippen molar-refractivity contribution in [1.82, 2.24) is 26.3 Å². The lowest BCUT2D eigenvalue weighted by Gasteiger charge is -2.26. The fraction of sp³-hybridized carbons (Fsp3) is 0.500. The third kappa shape index (κ3) is 8.94. The number of aliphatic hydroxyl groups is 2. The molecule has 1 aromatic carbocycles. The van der Waals surface area contributed by atoms with E-state index in [1.54, 1.807) is 34.6 Å². The van der Waals surface area contributed by atoms with Gasteiger partial charge in [0.2, 0.25) is 17.2 Å². The highest BCUT2D eigenvalue weighted by molar-refractivity contribution is 6.10. The molecular formula is C36H48N6O12. The van der Waals surface area contributed by atoms with Gasteiger partial charge in [-0.25, -0.2) is 14.6 Å². The van der Waals surface area contributed by atoms with Crippen molar-refractivity contribution in [2.45, 2.75) is 91.8 Å². The fourth-order valence-electron chi connectivity index (χ4n) is 5.59. The summed E-state index contributed by atoms with van der Waals surface area (Å²) in [7, 11) is 2.29. The molecule has 18 nitrogen and oxygen atoms in total. The number of nitrogens with two attached hydrogens (primary N) is 1. The number of hydrogen-bond donors (Lipinski definition) is 7. The average molecular weight is 757 g/mol. The number of amides is 4. The Morgan fingerprint density at radius 1 is 0.741 bits per heavy atom. The number of benzene rings is 2. The average Bonchev–Trinajstić information content (AvgIpc) is 3.11. The molecule has 1 aliphatic carbocycles. The number of anilines is 1. The highest BCUT2D eigenvalue weighted by Gasteiger charge is 2.36. The number of hydrogen-bond acceptors (Lipinski definition) is 14. The van der Waals surface area contributed by atoms with Crippen LogP contribution in [0.2, 0.25) is 0 Å². The Labute approximate surface area is 310 Å². The lowest BCUT2D eigenvalue weighted by molar-refractivity contribution is -0.147. The molecule has 0 spiro atoms. The van der Waals surface area contributed by atoms with Crippen molar-refractivity contribution in [3.63, 3.8) is 0 Å². The van der Waals surface area contributed by atoms with Crippen molar-refractivity contribution in [2.75, 3.05) is 20.0 Å². The van der Waals surface area contributed by atoms with E-state index < -0.39 is 100 Å². The summed E-state index contributed by atoms with van der Waals surface area (Å²) in [4.78, 5) is 96.7. The van der Waals surface area contributed by atoms with Crippen LogP contribution in [-0.2, 0) is 28.7 Å². The Hall–Kier alpha value is -5.62. The summed E-state index contributed by atoms with van der Waals surface area (Å²) in [5, 5.41) is 30.8. The van der Waals surface area contributed by atoms with Crippen molar-refractivity contribution in [1.29, 1.82) is 0 Å². The summed E-state index contributed by atoms with van der Waals surface area (Å²) in [5.74, 6) is -6.33. The largest absolute Gasteiger partial charge is 0.467 e. The number of esters is 2. The van der Waals surface area contributed by atoms with Crippen molar-refractivity contribution < 1.29 is 52.9 Å². The van der Waals surface area contributed by atoms with Crippen molar-refractivity contribution in [3.05, 3.63) is 44.6 Å². The van der Waals surface area contributed by atoms with Crippen LogP contribution in [0.5, 0.6) is 0 Å². The van der Waals surface area contributed by atoms with E-state index in [4.69, 9.17) is 19.6 Å². The van der Waals surface area contributed by atoms with Gasteiger partial charge >= 0.3 is 11.9 Å². The van der Waals surface area contributed by atoms with E-state index in [0.717, 1.165) is 14.2 Å². The van der Waals surface area contributed by atoms with Crippen molar-refractivity contribution >= 4 is 52.4 Å². The van der Waals surface area contributed by atoms with E-state index in [1.807, 2.05) is 0 Å². The number of aliphatic hydroxyl groups excluding tert-OH is 2. The molecule has 0 fully saturated rings. The number of aromatic nitrogens is 1.